The van der Waals surface area contributed by atoms with Gasteiger partial charge in [0.25, 0.3) is 11.8 Å². The van der Waals surface area contributed by atoms with Crippen molar-refractivity contribution >= 4 is 30.0 Å². The highest BCUT2D eigenvalue weighted by Gasteiger charge is 2.42. The van der Waals surface area contributed by atoms with Crippen LogP contribution in [-0.4, -0.2) is 59.7 Å². The second-order valence-corrected chi connectivity index (χ2v) is 5.26. The van der Waals surface area contributed by atoms with E-state index >= 15 is 0 Å². The number of aliphatic carboxylic acids is 1. The van der Waals surface area contributed by atoms with Gasteiger partial charge in [-0.2, -0.15) is 0 Å². The van der Waals surface area contributed by atoms with Gasteiger partial charge in [-0.15, -0.1) is 0 Å². The molecule has 1 aliphatic heterocycles. The van der Waals surface area contributed by atoms with Crippen molar-refractivity contribution in [3.8, 4) is 5.75 Å². The summed E-state index contributed by atoms with van der Waals surface area (Å²) in [5.74, 6) is -3.04. The summed E-state index contributed by atoms with van der Waals surface area (Å²) >= 11 is 0. The minimum Gasteiger partial charge on any atom is -0.481 e. The number of aldehydes is 1. The molecule has 1 unspecified atom stereocenters. The van der Waals surface area contributed by atoms with Crippen LogP contribution >= 0.6 is 0 Å². The minimum atomic E-state index is -1.23. The highest BCUT2D eigenvalue weighted by molar-refractivity contribution is 6.23. The van der Waals surface area contributed by atoms with E-state index in [1.165, 1.54) is 25.2 Å². The van der Waals surface area contributed by atoms with Gasteiger partial charge in [-0.25, -0.2) is 4.79 Å². The monoisotopic (exact) mass is 348 g/mol. The number of benzene rings is 1. The third kappa shape index (κ3) is 3.65. The van der Waals surface area contributed by atoms with Gasteiger partial charge in [0, 0.05) is 13.5 Å². The standard InChI is InChI=1S/C16H16N2O7/c1-17-12(20)6-5-9(7-19)18-15(23)10-3-2-4-11(14(10)16(18)24)25-8-13(21)22/h2-4,7,9H,5-6,8H2,1H3,(H,17,20)(H,21,22). The Balaban J connectivity index is 2.28. The first kappa shape index (κ1) is 18.1. The number of ether oxygens (including phenoxy) is 1. The third-order valence-corrected chi connectivity index (χ3v) is 3.69. The van der Waals surface area contributed by atoms with Crippen molar-refractivity contribution < 1.29 is 33.8 Å². The molecule has 1 aromatic rings. The zero-order valence-electron chi connectivity index (χ0n) is 13.4. The molecule has 132 valence electrons. The fourth-order valence-corrected chi connectivity index (χ4v) is 2.50. The first-order valence-corrected chi connectivity index (χ1v) is 7.42. The molecule has 0 saturated carbocycles. The number of hydrogen-bond acceptors (Lipinski definition) is 6. The lowest BCUT2D eigenvalue weighted by atomic mass is 10.1. The summed E-state index contributed by atoms with van der Waals surface area (Å²) in [4.78, 5) is 59.2. The smallest absolute Gasteiger partial charge is 0.341 e. The maximum atomic E-state index is 12.6. The SMILES string of the molecule is CNC(=O)CCC(C=O)N1C(=O)c2cccc(OCC(=O)O)c2C1=O. The Morgan fingerprint density at radius 2 is 2.04 bits per heavy atom. The number of carbonyl (C=O) groups excluding carboxylic acids is 4. The lowest BCUT2D eigenvalue weighted by molar-refractivity contribution is -0.139. The Morgan fingerprint density at radius 3 is 2.64 bits per heavy atom. The molecule has 0 bridgehead atoms. The van der Waals surface area contributed by atoms with Gasteiger partial charge in [-0.3, -0.25) is 19.3 Å². The van der Waals surface area contributed by atoms with E-state index in [0.29, 0.717) is 6.29 Å². The van der Waals surface area contributed by atoms with Crippen LogP contribution in [0.2, 0.25) is 0 Å². The zero-order valence-corrected chi connectivity index (χ0v) is 13.4. The topological polar surface area (TPSA) is 130 Å². The largest absolute Gasteiger partial charge is 0.481 e. The van der Waals surface area contributed by atoms with Crippen LogP contribution in [0.3, 0.4) is 0 Å². The Bertz CT molecular complexity index is 744. The van der Waals surface area contributed by atoms with Gasteiger partial charge in [-0.05, 0) is 18.6 Å². The maximum Gasteiger partial charge on any atom is 0.341 e. The lowest BCUT2D eigenvalue weighted by Crippen LogP contribution is -2.41. The van der Waals surface area contributed by atoms with Gasteiger partial charge in [-0.1, -0.05) is 6.07 Å². The molecule has 9 heteroatoms. The number of carbonyl (C=O) groups is 5. The van der Waals surface area contributed by atoms with E-state index in [0.717, 1.165) is 4.90 Å². The van der Waals surface area contributed by atoms with Gasteiger partial charge >= 0.3 is 5.97 Å². The predicted octanol–water partition coefficient (Wildman–Crippen LogP) is -0.160. The molecule has 2 rings (SSSR count). The Morgan fingerprint density at radius 1 is 1.32 bits per heavy atom. The van der Waals surface area contributed by atoms with Crippen molar-refractivity contribution in [2.75, 3.05) is 13.7 Å². The summed E-state index contributed by atoms with van der Waals surface area (Å²) in [6, 6.07) is 3.11. The summed E-state index contributed by atoms with van der Waals surface area (Å²) in [6.07, 6.45) is 0.387. The Kier molecular flexibility index (Phi) is 5.48. The first-order valence-electron chi connectivity index (χ1n) is 7.42. The van der Waals surface area contributed by atoms with Crippen LogP contribution in [-0.2, 0) is 14.4 Å². The average molecular weight is 348 g/mol. The fourth-order valence-electron chi connectivity index (χ4n) is 2.50. The van der Waals surface area contributed by atoms with Crippen LogP contribution < -0.4 is 10.1 Å². The number of imide groups is 1. The number of hydrogen-bond donors (Lipinski definition) is 2. The van der Waals surface area contributed by atoms with Crippen molar-refractivity contribution in [1.29, 1.82) is 0 Å². The molecule has 25 heavy (non-hydrogen) atoms. The zero-order chi connectivity index (χ0) is 18.6. The summed E-state index contributed by atoms with van der Waals surface area (Å²) in [7, 11) is 1.44. The molecule has 1 aromatic carbocycles. The van der Waals surface area contributed by atoms with E-state index in [-0.39, 0.29) is 35.6 Å². The van der Waals surface area contributed by atoms with E-state index in [1.54, 1.807) is 0 Å². The van der Waals surface area contributed by atoms with Crippen LogP contribution in [0.4, 0.5) is 0 Å². The highest BCUT2D eigenvalue weighted by Crippen LogP contribution is 2.32. The molecular weight excluding hydrogens is 332 g/mol. The van der Waals surface area contributed by atoms with Crippen molar-refractivity contribution in [2.45, 2.75) is 18.9 Å². The van der Waals surface area contributed by atoms with Gasteiger partial charge in [0.05, 0.1) is 17.2 Å². The number of amides is 3. The van der Waals surface area contributed by atoms with Crippen LogP contribution in [0.25, 0.3) is 0 Å². The molecule has 2 N–H and O–H groups in total. The molecule has 0 fully saturated rings. The number of carboxylic acid groups (broad SMARTS) is 1. The van der Waals surface area contributed by atoms with Crippen molar-refractivity contribution in [3.05, 3.63) is 29.3 Å². The fraction of sp³-hybridized carbons (Fsp3) is 0.312. The molecule has 0 aliphatic carbocycles. The molecule has 1 aliphatic rings. The van der Waals surface area contributed by atoms with Crippen LogP contribution in [0.5, 0.6) is 5.75 Å². The summed E-state index contributed by atoms with van der Waals surface area (Å²) in [5, 5.41) is 11.1. The van der Waals surface area contributed by atoms with Gasteiger partial charge in [0.2, 0.25) is 5.91 Å². The second-order valence-electron chi connectivity index (χ2n) is 5.26. The van der Waals surface area contributed by atoms with Crippen molar-refractivity contribution in [2.24, 2.45) is 0 Å². The van der Waals surface area contributed by atoms with E-state index in [1.807, 2.05) is 0 Å². The molecule has 0 radical (unpaired) electrons. The van der Waals surface area contributed by atoms with Crippen LogP contribution in [0.15, 0.2) is 18.2 Å². The molecular formula is C16H16N2O7. The molecule has 0 aromatic heterocycles. The summed E-state index contributed by atoms with van der Waals surface area (Å²) in [6.45, 7) is -0.675. The molecule has 3 amide bonds. The van der Waals surface area contributed by atoms with E-state index in [2.05, 4.69) is 5.32 Å². The second kappa shape index (κ2) is 7.56. The van der Waals surface area contributed by atoms with Crippen LogP contribution in [0.1, 0.15) is 33.6 Å². The minimum absolute atomic E-state index is 0.0139. The van der Waals surface area contributed by atoms with Gasteiger partial charge in [0.15, 0.2) is 6.61 Å². The molecule has 1 heterocycles. The molecule has 0 saturated heterocycles. The first-order chi connectivity index (χ1) is 11.9. The summed E-state index contributed by atoms with van der Waals surface area (Å²) in [5.41, 5.74) is -0.0553. The lowest BCUT2D eigenvalue weighted by Gasteiger charge is -2.20. The highest BCUT2D eigenvalue weighted by atomic mass is 16.5. The van der Waals surface area contributed by atoms with Gasteiger partial charge in [0.1, 0.15) is 12.0 Å². The van der Waals surface area contributed by atoms with E-state index < -0.39 is 30.4 Å². The predicted molar refractivity (Wildman–Crippen MR) is 83.2 cm³/mol. The Labute approximate surface area is 142 Å². The Hall–Kier alpha value is -3.23. The van der Waals surface area contributed by atoms with E-state index in [9.17, 15) is 24.0 Å². The molecule has 1 atom stereocenters. The molecule has 0 spiro atoms. The number of fused-ring (bicyclic) bond motifs is 1. The summed E-state index contributed by atoms with van der Waals surface area (Å²) < 4.78 is 5.05. The van der Waals surface area contributed by atoms with Crippen LogP contribution in [0, 0.1) is 0 Å². The normalized spacial score (nSPS) is 14.0. The third-order valence-electron chi connectivity index (χ3n) is 3.69. The number of nitrogens with one attached hydrogen (secondary N) is 1. The van der Waals surface area contributed by atoms with Crippen molar-refractivity contribution in [3.63, 3.8) is 0 Å². The number of carboxylic acids is 1. The van der Waals surface area contributed by atoms with Crippen molar-refractivity contribution in [1.82, 2.24) is 10.2 Å². The van der Waals surface area contributed by atoms with Gasteiger partial charge < -0.3 is 20.0 Å². The van der Waals surface area contributed by atoms with E-state index in [4.69, 9.17) is 9.84 Å². The quantitative estimate of drug-likeness (QED) is 0.493. The number of nitrogens with zero attached hydrogens (tertiary/aromatic N) is 1. The number of rotatable bonds is 8. The average Bonchev–Trinajstić information content (AvgIpc) is 2.85. The molecule has 9 nitrogen and oxygen atoms in total. The maximum absolute atomic E-state index is 12.6.